The zero-order valence-electron chi connectivity index (χ0n) is 10.9. The molecular weight excluding hydrogens is 254 g/mol. The van der Waals surface area contributed by atoms with Gasteiger partial charge in [-0.2, -0.15) is 0 Å². The van der Waals surface area contributed by atoms with Crippen LogP contribution in [0.3, 0.4) is 0 Å². The van der Waals surface area contributed by atoms with Crippen molar-refractivity contribution in [1.29, 1.82) is 0 Å². The summed E-state index contributed by atoms with van der Waals surface area (Å²) in [6, 6.07) is 11.6. The Morgan fingerprint density at radius 1 is 1.00 bits per heavy atom. The number of nitrogens with zero attached hydrogens (tertiary/aromatic N) is 1. The lowest BCUT2D eigenvalue weighted by Gasteiger charge is -2.29. The number of phenolic OH excluding ortho intramolecular Hbond substituents is 2. The van der Waals surface area contributed by atoms with Crippen molar-refractivity contribution in [2.75, 3.05) is 6.54 Å². The van der Waals surface area contributed by atoms with Gasteiger partial charge in [0.2, 0.25) is 0 Å². The highest BCUT2D eigenvalue weighted by Crippen LogP contribution is 2.24. The first-order valence-corrected chi connectivity index (χ1v) is 6.52. The zero-order valence-corrected chi connectivity index (χ0v) is 10.9. The Kier molecular flexibility index (Phi) is 3.06. The van der Waals surface area contributed by atoms with Gasteiger partial charge in [0.1, 0.15) is 11.5 Å². The molecule has 2 N–H and O–H groups in total. The minimum Gasteiger partial charge on any atom is -0.508 e. The maximum Gasteiger partial charge on any atom is 0.254 e. The molecule has 0 atom stereocenters. The average molecular weight is 269 g/mol. The molecule has 1 heterocycles. The molecule has 20 heavy (non-hydrogen) atoms. The van der Waals surface area contributed by atoms with Crippen LogP contribution in [-0.4, -0.2) is 27.6 Å². The molecular formula is C16H15NO3. The minimum absolute atomic E-state index is 0.0888. The Morgan fingerprint density at radius 3 is 2.60 bits per heavy atom. The van der Waals surface area contributed by atoms with Crippen LogP contribution in [0.5, 0.6) is 11.5 Å². The molecule has 0 fully saturated rings. The van der Waals surface area contributed by atoms with Crippen LogP contribution in [0.25, 0.3) is 0 Å². The first-order chi connectivity index (χ1) is 9.63. The van der Waals surface area contributed by atoms with Gasteiger partial charge >= 0.3 is 0 Å². The van der Waals surface area contributed by atoms with Gasteiger partial charge in [-0.25, -0.2) is 0 Å². The van der Waals surface area contributed by atoms with Crippen LogP contribution in [0.4, 0.5) is 0 Å². The SMILES string of the molecule is O=C(c1cccc(O)c1)N1CCc2ccc(O)cc2C1. The molecule has 2 aromatic rings. The quantitative estimate of drug-likeness (QED) is 0.835. The normalized spacial score (nSPS) is 13.9. The van der Waals surface area contributed by atoms with Gasteiger partial charge in [-0.15, -0.1) is 0 Å². The van der Waals surface area contributed by atoms with Crippen molar-refractivity contribution in [1.82, 2.24) is 4.90 Å². The number of aromatic hydroxyl groups is 2. The Labute approximate surface area is 116 Å². The molecule has 0 unspecified atom stereocenters. The van der Waals surface area contributed by atoms with E-state index in [0.29, 0.717) is 18.7 Å². The maximum atomic E-state index is 12.4. The van der Waals surface area contributed by atoms with E-state index in [1.807, 2.05) is 6.07 Å². The second kappa shape index (κ2) is 4.89. The van der Waals surface area contributed by atoms with Crippen molar-refractivity contribution in [3.63, 3.8) is 0 Å². The lowest BCUT2D eigenvalue weighted by atomic mass is 9.99. The van der Waals surface area contributed by atoms with E-state index in [-0.39, 0.29) is 17.4 Å². The molecule has 0 spiro atoms. The molecule has 0 bridgehead atoms. The number of hydrogen-bond donors (Lipinski definition) is 2. The van der Waals surface area contributed by atoms with E-state index < -0.39 is 0 Å². The number of phenols is 2. The summed E-state index contributed by atoms with van der Waals surface area (Å²) in [6.45, 7) is 1.13. The fourth-order valence-electron chi connectivity index (χ4n) is 2.54. The predicted molar refractivity (Wildman–Crippen MR) is 74.7 cm³/mol. The molecule has 1 aliphatic rings. The van der Waals surface area contributed by atoms with Gasteiger partial charge in [0.05, 0.1) is 0 Å². The summed E-state index contributed by atoms with van der Waals surface area (Å²) >= 11 is 0. The number of carbonyl (C=O) groups excluding carboxylic acids is 1. The van der Waals surface area contributed by atoms with Crippen molar-refractivity contribution in [3.05, 3.63) is 59.2 Å². The van der Waals surface area contributed by atoms with Crippen LogP contribution in [0.1, 0.15) is 21.5 Å². The van der Waals surface area contributed by atoms with Gasteiger partial charge in [0.25, 0.3) is 5.91 Å². The maximum absolute atomic E-state index is 12.4. The van der Waals surface area contributed by atoms with Crippen LogP contribution < -0.4 is 0 Å². The third kappa shape index (κ3) is 2.32. The number of benzene rings is 2. The van der Waals surface area contributed by atoms with E-state index in [9.17, 15) is 15.0 Å². The smallest absolute Gasteiger partial charge is 0.254 e. The van der Waals surface area contributed by atoms with Crippen molar-refractivity contribution in [3.8, 4) is 11.5 Å². The van der Waals surface area contributed by atoms with E-state index in [1.165, 1.54) is 11.6 Å². The highest BCUT2D eigenvalue weighted by molar-refractivity contribution is 5.94. The van der Waals surface area contributed by atoms with Gasteiger partial charge in [0.15, 0.2) is 0 Å². The molecule has 102 valence electrons. The lowest BCUT2D eigenvalue weighted by Crippen LogP contribution is -2.35. The molecule has 0 saturated carbocycles. The van der Waals surface area contributed by atoms with E-state index in [2.05, 4.69) is 0 Å². The van der Waals surface area contributed by atoms with Crippen LogP contribution in [0.15, 0.2) is 42.5 Å². The summed E-state index contributed by atoms with van der Waals surface area (Å²) in [7, 11) is 0. The highest BCUT2D eigenvalue weighted by Gasteiger charge is 2.22. The Bertz CT molecular complexity index is 667. The molecule has 0 aliphatic carbocycles. The van der Waals surface area contributed by atoms with Gasteiger partial charge in [-0.05, 0) is 47.9 Å². The second-order valence-electron chi connectivity index (χ2n) is 4.98. The second-order valence-corrected chi connectivity index (χ2v) is 4.98. The van der Waals surface area contributed by atoms with Gasteiger partial charge in [0, 0.05) is 18.7 Å². The summed E-state index contributed by atoms with van der Waals surface area (Å²) < 4.78 is 0. The molecule has 0 radical (unpaired) electrons. The Hall–Kier alpha value is -2.49. The fourth-order valence-corrected chi connectivity index (χ4v) is 2.54. The van der Waals surface area contributed by atoms with Crippen molar-refractivity contribution in [2.24, 2.45) is 0 Å². The fraction of sp³-hybridized carbons (Fsp3) is 0.188. The first kappa shape index (κ1) is 12.5. The molecule has 1 aliphatic heterocycles. The third-order valence-electron chi connectivity index (χ3n) is 3.58. The predicted octanol–water partition coefficient (Wildman–Crippen LogP) is 2.30. The number of carbonyl (C=O) groups is 1. The van der Waals surface area contributed by atoms with Crippen LogP contribution >= 0.6 is 0 Å². The lowest BCUT2D eigenvalue weighted by molar-refractivity contribution is 0.0734. The van der Waals surface area contributed by atoms with Gasteiger partial charge in [-0.1, -0.05) is 12.1 Å². The summed E-state index contributed by atoms with van der Waals surface area (Å²) in [5.41, 5.74) is 2.63. The van der Waals surface area contributed by atoms with Crippen LogP contribution in [0.2, 0.25) is 0 Å². The summed E-state index contributed by atoms with van der Waals surface area (Å²) in [6.07, 6.45) is 0.778. The van der Waals surface area contributed by atoms with Crippen molar-refractivity contribution >= 4 is 5.91 Å². The molecule has 4 heteroatoms. The Balaban J connectivity index is 1.84. The number of amides is 1. The molecule has 0 saturated heterocycles. The van der Waals surface area contributed by atoms with Crippen molar-refractivity contribution < 1.29 is 15.0 Å². The summed E-state index contributed by atoms with van der Waals surface area (Å²) in [5.74, 6) is 0.205. The minimum atomic E-state index is -0.102. The standard InChI is InChI=1S/C16H15NO3/c18-14-3-1-2-12(8-14)16(20)17-7-6-11-4-5-15(19)9-13(11)10-17/h1-5,8-9,18-19H,6-7,10H2. The highest BCUT2D eigenvalue weighted by atomic mass is 16.3. The third-order valence-corrected chi connectivity index (χ3v) is 3.58. The number of fused-ring (bicyclic) bond motifs is 1. The largest absolute Gasteiger partial charge is 0.508 e. The van der Waals surface area contributed by atoms with Gasteiger partial charge in [-0.3, -0.25) is 4.79 Å². The first-order valence-electron chi connectivity index (χ1n) is 6.52. The van der Waals surface area contributed by atoms with E-state index in [0.717, 1.165) is 12.0 Å². The van der Waals surface area contributed by atoms with E-state index in [1.54, 1.807) is 35.2 Å². The Morgan fingerprint density at radius 2 is 1.80 bits per heavy atom. The molecule has 0 aromatic heterocycles. The number of hydrogen-bond acceptors (Lipinski definition) is 3. The summed E-state index contributed by atoms with van der Waals surface area (Å²) in [4.78, 5) is 14.1. The molecule has 4 nitrogen and oxygen atoms in total. The topological polar surface area (TPSA) is 60.8 Å². The van der Waals surface area contributed by atoms with E-state index >= 15 is 0 Å². The van der Waals surface area contributed by atoms with Crippen molar-refractivity contribution in [2.45, 2.75) is 13.0 Å². The molecule has 3 rings (SSSR count). The molecule has 2 aromatic carbocycles. The average Bonchev–Trinajstić information content (AvgIpc) is 2.45. The van der Waals surface area contributed by atoms with Crippen LogP contribution in [-0.2, 0) is 13.0 Å². The summed E-state index contributed by atoms with van der Waals surface area (Å²) in [5, 5.41) is 19.0. The van der Waals surface area contributed by atoms with E-state index in [4.69, 9.17) is 0 Å². The monoisotopic (exact) mass is 269 g/mol. The zero-order chi connectivity index (χ0) is 14.1. The number of rotatable bonds is 1. The van der Waals surface area contributed by atoms with Gasteiger partial charge < -0.3 is 15.1 Å². The molecule has 1 amide bonds. The van der Waals surface area contributed by atoms with Crippen LogP contribution in [0, 0.1) is 0 Å².